The Bertz CT molecular complexity index is 1020. The summed E-state index contributed by atoms with van der Waals surface area (Å²) < 4.78 is 6.10. The second-order valence-corrected chi connectivity index (χ2v) is 7.72. The average Bonchev–Trinajstić information content (AvgIpc) is 3.04. The van der Waals surface area contributed by atoms with Crippen LogP contribution in [0.2, 0.25) is 0 Å². The lowest BCUT2D eigenvalue weighted by molar-refractivity contribution is -0.111. The van der Waals surface area contributed by atoms with Gasteiger partial charge in [-0.3, -0.25) is 4.79 Å². The molecule has 2 aromatic carbocycles. The standard InChI is InChI=1S/C23H23NO3S/c1-4-27-23(26)21-18-7-5-6-8-19(18)28-22(21)24-20(25)14-11-16-9-12-17(13-10-16)15(2)3/h5-15H,4H2,1-3H3,(H,24,25)/b14-11+. The predicted octanol–water partition coefficient (Wildman–Crippen LogP) is 5.85. The first-order valence-electron chi connectivity index (χ1n) is 9.27. The molecule has 0 saturated heterocycles. The van der Waals surface area contributed by atoms with Crippen LogP contribution < -0.4 is 5.32 Å². The number of ether oxygens (including phenoxy) is 1. The molecule has 5 heteroatoms. The minimum absolute atomic E-state index is 0.280. The molecule has 3 aromatic rings. The third-order valence-electron chi connectivity index (χ3n) is 4.34. The summed E-state index contributed by atoms with van der Waals surface area (Å²) >= 11 is 1.37. The van der Waals surface area contributed by atoms with Crippen molar-refractivity contribution in [2.24, 2.45) is 0 Å². The largest absolute Gasteiger partial charge is 0.462 e. The number of carbonyl (C=O) groups is 2. The maximum atomic E-state index is 12.4. The molecule has 0 atom stereocenters. The van der Waals surface area contributed by atoms with Crippen LogP contribution in [0.15, 0.2) is 54.6 Å². The molecule has 144 valence electrons. The van der Waals surface area contributed by atoms with E-state index in [4.69, 9.17) is 4.74 Å². The van der Waals surface area contributed by atoms with Gasteiger partial charge < -0.3 is 10.1 Å². The van der Waals surface area contributed by atoms with Crippen molar-refractivity contribution in [3.05, 3.63) is 71.3 Å². The van der Waals surface area contributed by atoms with Gasteiger partial charge in [-0.25, -0.2) is 4.79 Å². The molecule has 0 aliphatic carbocycles. The number of nitrogens with one attached hydrogen (secondary N) is 1. The summed E-state index contributed by atoms with van der Waals surface area (Å²) in [6.45, 7) is 6.33. The second kappa shape index (κ2) is 8.85. The van der Waals surface area contributed by atoms with E-state index in [1.165, 1.54) is 23.0 Å². The van der Waals surface area contributed by atoms with E-state index in [1.54, 1.807) is 13.0 Å². The zero-order chi connectivity index (χ0) is 20.1. The van der Waals surface area contributed by atoms with E-state index in [0.717, 1.165) is 15.6 Å². The lowest BCUT2D eigenvalue weighted by atomic mass is 10.0. The molecular formula is C23H23NO3S. The Morgan fingerprint density at radius 2 is 1.82 bits per heavy atom. The molecule has 0 saturated carbocycles. The van der Waals surface area contributed by atoms with Crippen LogP contribution in [0.5, 0.6) is 0 Å². The first-order valence-corrected chi connectivity index (χ1v) is 10.1. The van der Waals surface area contributed by atoms with Gasteiger partial charge >= 0.3 is 5.97 Å². The van der Waals surface area contributed by atoms with Gasteiger partial charge in [-0.15, -0.1) is 11.3 Å². The molecule has 0 radical (unpaired) electrons. The first-order chi connectivity index (χ1) is 13.5. The monoisotopic (exact) mass is 393 g/mol. The third kappa shape index (κ3) is 4.49. The van der Waals surface area contributed by atoms with Crippen LogP contribution in [0.25, 0.3) is 16.2 Å². The minimum Gasteiger partial charge on any atom is -0.462 e. The van der Waals surface area contributed by atoms with Crippen molar-refractivity contribution >= 4 is 44.4 Å². The quantitative estimate of drug-likeness (QED) is 0.422. The molecular weight excluding hydrogens is 370 g/mol. The number of thiophene rings is 1. The first kappa shape index (κ1) is 19.8. The SMILES string of the molecule is CCOC(=O)c1c(NC(=O)/C=C/c2ccc(C(C)C)cc2)sc2ccccc12. The number of hydrogen-bond donors (Lipinski definition) is 1. The van der Waals surface area contributed by atoms with Gasteiger partial charge in [0.1, 0.15) is 10.6 Å². The van der Waals surface area contributed by atoms with E-state index >= 15 is 0 Å². The Kier molecular flexibility index (Phi) is 6.26. The van der Waals surface area contributed by atoms with E-state index in [1.807, 2.05) is 36.4 Å². The topological polar surface area (TPSA) is 55.4 Å². The number of amides is 1. The molecule has 0 spiro atoms. The highest BCUT2D eigenvalue weighted by atomic mass is 32.1. The van der Waals surface area contributed by atoms with Crippen molar-refractivity contribution < 1.29 is 14.3 Å². The Morgan fingerprint density at radius 1 is 1.11 bits per heavy atom. The highest BCUT2D eigenvalue weighted by Gasteiger charge is 2.20. The van der Waals surface area contributed by atoms with Gasteiger partial charge in [0.05, 0.1) is 6.61 Å². The van der Waals surface area contributed by atoms with Crippen molar-refractivity contribution in [2.45, 2.75) is 26.7 Å². The summed E-state index contributed by atoms with van der Waals surface area (Å²) in [6, 6.07) is 15.7. The number of anilines is 1. The van der Waals surface area contributed by atoms with E-state index in [9.17, 15) is 9.59 Å². The van der Waals surface area contributed by atoms with Gasteiger partial charge in [-0.2, -0.15) is 0 Å². The number of benzene rings is 2. The van der Waals surface area contributed by atoms with Gasteiger partial charge in [0.15, 0.2) is 0 Å². The van der Waals surface area contributed by atoms with Crippen molar-refractivity contribution in [1.82, 2.24) is 0 Å². The van der Waals surface area contributed by atoms with Crippen LogP contribution in [0.3, 0.4) is 0 Å². The van der Waals surface area contributed by atoms with Crippen molar-refractivity contribution in [2.75, 3.05) is 11.9 Å². The summed E-state index contributed by atoms with van der Waals surface area (Å²) in [5.74, 6) is -0.246. The van der Waals surface area contributed by atoms with Crippen molar-refractivity contribution in [3.63, 3.8) is 0 Å². The van der Waals surface area contributed by atoms with Crippen molar-refractivity contribution in [3.8, 4) is 0 Å². The highest BCUT2D eigenvalue weighted by Crippen LogP contribution is 2.36. The second-order valence-electron chi connectivity index (χ2n) is 6.67. The maximum absolute atomic E-state index is 12.4. The highest BCUT2D eigenvalue weighted by molar-refractivity contribution is 7.23. The van der Waals surface area contributed by atoms with Gasteiger partial charge in [0, 0.05) is 16.2 Å². The van der Waals surface area contributed by atoms with Gasteiger partial charge in [0.25, 0.3) is 0 Å². The van der Waals surface area contributed by atoms with Crippen LogP contribution in [0.4, 0.5) is 5.00 Å². The minimum atomic E-state index is -0.427. The summed E-state index contributed by atoms with van der Waals surface area (Å²) in [7, 11) is 0. The maximum Gasteiger partial charge on any atom is 0.341 e. The van der Waals surface area contributed by atoms with Crippen LogP contribution in [-0.4, -0.2) is 18.5 Å². The van der Waals surface area contributed by atoms with Crippen LogP contribution >= 0.6 is 11.3 Å². The molecule has 1 N–H and O–H groups in total. The van der Waals surface area contributed by atoms with Crippen LogP contribution in [0, 0.1) is 0 Å². The summed E-state index contributed by atoms with van der Waals surface area (Å²) in [6.07, 6.45) is 3.24. The number of carbonyl (C=O) groups excluding carboxylic acids is 2. The molecule has 3 rings (SSSR count). The number of fused-ring (bicyclic) bond motifs is 1. The van der Waals surface area contributed by atoms with Crippen LogP contribution in [-0.2, 0) is 9.53 Å². The molecule has 0 aliphatic rings. The molecule has 0 aliphatic heterocycles. The van der Waals surface area contributed by atoms with Gasteiger partial charge in [0.2, 0.25) is 5.91 Å². The molecule has 28 heavy (non-hydrogen) atoms. The Balaban J connectivity index is 1.80. The molecule has 4 nitrogen and oxygen atoms in total. The fourth-order valence-electron chi connectivity index (χ4n) is 2.86. The van der Waals surface area contributed by atoms with Crippen LogP contribution in [0.1, 0.15) is 48.2 Å². The predicted molar refractivity (Wildman–Crippen MR) is 116 cm³/mol. The van der Waals surface area contributed by atoms with E-state index in [2.05, 4.69) is 31.3 Å². The van der Waals surface area contributed by atoms with Crippen molar-refractivity contribution in [1.29, 1.82) is 0 Å². The molecule has 0 bridgehead atoms. The Hall–Kier alpha value is -2.92. The molecule has 1 aromatic heterocycles. The molecule has 1 amide bonds. The third-order valence-corrected chi connectivity index (χ3v) is 5.43. The average molecular weight is 394 g/mol. The van der Waals surface area contributed by atoms with Gasteiger partial charge in [-0.1, -0.05) is 56.3 Å². The van der Waals surface area contributed by atoms with E-state index in [-0.39, 0.29) is 12.5 Å². The summed E-state index contributed by atoms with van der Waals surface area (Å²) in [5.41, 5.74) is 2.61. The summed E-state index contributed by atoms with van der Waals surface area (Å²) in [5, 5.41) is 4.12. The normalized spacial score (nSPS) is 11.3. The number of esters is 1. The number of hydrogen-bond acceptors (Lipinski definition) is 4. The smallest absolute Gasteiger partial charge is 0.341 e. The molecule has 1 heterocycles. The summed E-state index contributed by atoms with van der Waals surface area (Å²) in [4.78, 5) is 24.8. The Morgan fingerprint density at radius 3 is 2.50 bits per heavy atom. The zero-order valence-electron chi connectivity index (χ0n) is 16.2. The zero-order valence-corrected chi connectivity index (χ0v) is 17.0. The number of rotatable bonds is 6. The lowest BCUT2D eigenvalue weighted by Gasteiger charge is -2.05. The molecule has 0 unspecified atom stereocenters. The van der Waals surface area contributed by atoms with Gasteiger partial charge in [-0.05, 0) is 36.1 Å². The molecule has 0 fully saturated rings. The Labute approximate surface area is 168 Å². The van der Waals surface area contributed by atoms with E-state index in [0.29, 0.717) is 16.5 Å². The lowest BCUT2D eigenvalue weighted by Crippen LogP contribution is -2.12. The van der Waals surface area contributed by atoms with E-state index < -0.39 is 5.97 Å². The fourth-order valence-corrected chi connectivity index (χ4v) is 3.95. The fraction of sp³-hybridized carbons (Fsp3) is 0.217.